The molecule has 0 saturated heterocycles. The van der Waals surface area contributed by atoms with Crippen LogP contribution >= 0.6 is 0 Å². The van der Waals surface area contributed by atoms with Crippen molar-refractivity contribution in [3.8, 4) is 11.5 Å². The van der Waals surface area contributed by atoms with Gasteiger partial charge in [-0.15, -0.1) is 0 Å². The predicted octanol–water partition coefficient (Wildman–Crippen LogP) is 1.35. The molecule has 1 unspecified atom stereocenters. The molecule has 1 aliphatic rings. The highest BCUT2D eigenvalue weighted by molar-refractivity contribution is 5.74. The van der Waals surface area contributed by atoms with Crippen molar-refractivity contribution in [3.63, 3.8) is 0 Å². The summed E-state index contributed by atoms with van der Waals surface area (Å²) in [6.45, 7) is 0.556. The van der Waals surface area contributed by atoms with Crippen molar-refractivity contribution >= 4 is 5.97 Å². The van der Waals surface area contributed by atoms with Crippen LogP contribution in [-0.2, 0) is 11.2 Å². The van der Waals surface area contributed by atoms with Crippen LogP contribution in [-0.4, -0.2) is 30.3 Å². The Morgan fingerprint density at radius 1 is 1.37 bits per heavy atom. The van der Waals surface area contributed by atoms with Gasteiger partial charge in [0, 0.05) is 17.5 Å². The van der Waals surface area contributed by atoms with E-state index in [1.54, 1.807) is 0 Å². The molecule has 19 heavy (non-hydrogen) atoms. The summed E-state index contributed by atoms with van der Waals surface area (Å²) >= 11 is 0. The summed E-state index contributed by atoms with van der Waals surface area (Å²) in [6.07, 6.45) is -2.77. The second-order valence-electron chi connectivity index (χ2n) is 4.15. The highest BCUT2D eigenvalue weighted by Gasteiger charge is 2.23. The monoisotopic (exact) mass is 273 g/mol. The number of alkyl halides is 2. The summed E-state index contributed by atoms with van der Waals surface area (Å²) in [6, 6.07) is 1.23. The van der Waals surface area contributed by atoms with Crippen molar-refractivity contribution in [2.24, 2.45) is 5.73 Å². The molecule has 2 rings (SSSR count). The maximum Gasteiger partial charge on any atom is 0.320 e. The van der Waals surface area contributed by atoms with Crippen LogP contribution in [0.15, 0.2) is 12.1 Å². The molecule has 0 spiro atoms. The Bertz CT molecular complexity index is 493. The second-order valence-corrected chi connectivity index (χ2v) is 4.15. The van der Waals surface area contributed by atoms with E-state index < -0.39 is 18.4 Å². The van der Waals surface area contributed by atoms with E-state index >= 15 is 0 Å². The molecule has 104 valence electrons. The number of benzene rings is 1. The van der Waals surface area contributed by atoms with Crippen LogP contribution in [0.5, 0.6) is 11.5 Å². The smallest absolute Gasteiger partial charge is 0.320 e. The van der Waals surface area contributed by atoms with E-state index in [1.165, 1.54) is 12.1 Å². The first kappa shape index (κ1) is 13.5. The van der Waals surface area contributed by atoms with Crippen molar-refractivity contribution in [3.05, 3.63) is 23.3 Å². The number of aliphatic carboxylic acids is 1. The molecule has 3 N–H and O–H groups in total. The first-order valence-electron chi connectivity index (χ1n) is 5.68. The third-order valence-electron chi connectivity index (χ3n) is 2.75. The number of fused-ring (bicyclic) bond motifs is 1. The van der Waals surface area contributed by atoms with Crippen molar-refractivity contribution in [2.75, 3.05) is 13.2 Å². The fourth-order valence-electron chi connectivity index (χ4n) is 1.85. The van der Waals surface area contributed by atoms with Crippen molar-refractivity contribution in [1.82, 2.24) is 0 Å². The summed E-state index contributed by atoms with van der Waals surface area (Å²) < 4.78 is 36.1. The highest BCUT2D eigenvalue weighted by atomic mass is 19.3. The van der Waals surface area contributed by atoms with Gasteiger partial charge in [0.1, 0.15) is 19.3 Å². The largest absolute Gasteiger partial charge is 0.486 e. The minimum Gasteiger partial charge on any atom is -0.486 e. The van der Waals surface area contributed by atoms with Crippen molar-refractivity contribution in [2.45, 2.75) is 18.9 Å². The Morgan fingerprint density at radius 2 is 2.05 bits per heavy atom. The average Bonchev–Trinajstić information content (AvgIpc) is 2.38. The summed E-state index contributed by atoms with van der Waals surface area (Å²) in [5.41, 5.74) is 5.51. The van der Waals surface area contributed by atoms with E-state index in [0.29, 0.717) is 11.3 Å². The number of carboxylic acids is 1. The van der Waals surface area contributed by atoms with Crippen molar-refractivity contribution < 1.29 is 28.2 Å². The van der Waals surface area contributed by atoms with Crippen LogP contribution in [0, 0.1) is 0 Å². The molecule has 0 saturated carbocycles. The zero-order chi connectivity index (χ0) is 14.0. The van der Waals surface area contributed by atoms with Gasteiger partial charge in [-0.1, -0.05) is 0 Å². The Hall–Kier alpha value is -1.89. The van der Waals surface area contributed by atoms with Crippen molar-refractivity contribution in [1.29, 1.82) is 0 Å². The summed E-state index contributed by atoms with van der Waals surface area (Å²) in [5.74, 6) is -0.697. The third-order valence-corrected chi connectivity index (χ3v) is 2.75. The van der Waals surface area contributed by atoms with Gasteiger partial charge in [-0.2, -0.15) is 0 Å². The molecule has 1 aromatic carbocycles. The fraction of sp³-hybridized carbons (Fsp3) is 0.417. The maximum atomic E-state index is 12.8. The lowest BCUT2D eigenvalue weighted by atomic mass is 10.0. The molecule has 0 aliphatic carbocycles. The summed E-state index contributed by atoms with van der Waals surface area (Å²) in [4.78, 5) is 10.7. The Labute approximate surface area is 107 Å². The lowest BCUT2D eigenvalue weighted by molar-refractivity contribution is -0.138. The van der Waals surface area contributed by atoms with Gasteiger partial charge < -0.3 is 20.3 Å². The molecule has 7 heteroatoms. The van der Waals surface area contributed by atoms with Gasteiger partial charge >= 0.3 is 5.97 Å². The van der Waals surface area contributed by atoms with Gasteiger partial charge in [0.05, 0.1) is 0 Å². The molecule has 0 aromatic heterocycles. The normalized spacial score (nSPS) is 15.4. The van der Waals surface area contributed by atoms with E-state index in [4.69, 9.17) is 20.3 Å². The SMILES string of the molecule is NC(Cc1cc(C(F)F)cc2c1OCCO2)C(=O)O. The van der Waals surface area contributed by atoms with E-state index in [1.807, 2.05) is 0 Å². The third kappa shape index (κ3) is 2.93. The number of hydrogen-bond donors (Lipinski definition) is 2. The van der Waals surface area contributed by atoms with Gasteiger partial charge in [-0.3, -0.25) is 4.79 Å². The fourth-order valence-corrected chi connectivity index (χ4v) is 1.85. The van der Waals surface area contributed by atoms with Gasteiger partial charge in [-0.05, 0) is 12.1 Å². The minimum atomic E-state index is -2.67. The topological polar surface area (TPSA) is 81.8 Å². The van der Waals surface area contributed by atoms with E-state index in [2.05, 4.69) is 0 Å². The van der Waals surface area contributed by atoms with Crippen LogP contribution in [0.2, 0.25) is 0 Å². The number of nitrogens with two attached hydrogens (primary N) is 1. The van der Waals surface area contributed by atoms with Gasteiger partial charge in [-0.25, -0.2) is 8.78 Å². The molecule has 0 bridgehead atoms. The average molecular weight is 273 g/mol. The van der Waals surface area contributed by atoms with E-state index in [9.17, 15) is 13.6 Å². The zero-order valence-corrected chi connectivity index (χ0v) is 9.94. The molecule has 0 fully saturated rings. The molecule has 1 heterocycles. The lowest BCUT2D eigenvalue weighted by Crippen LogP contribution is -2.32. The van der Waals surface area contributed by atoms with Crippen LogP contribution in [0.4, 0.5) is 8.78 Å². The molecule has 1 atom stereocenters. The number of rotatable bonds is 4. The molecule has 5 nitrogen and oxygen atoms in total. The number of halogens is 2. The van der Waals surface area contributed by atoms with Gasteiger partial charge in [0.2, 0.25) is 0 Å². The minimum absolute atomic E-state index is 0.0956. The quantitative estimate of drug-likeness (QED) is 0.865. The lowest BCUT2D eigenvalue weighted by Gasteiger charge is -2.23. The molecular weight excluding hydrogens is 260 g/mol. The number of carbonyl (C=O) groups is 1. The van der Waals surface area contributed by atoms with Gasteiger partial charge in [0.25, 0.3) is 6.43 Å². The standard InChI is InChI=1S/C12H13F2NO4/c13-11(14)7-3-6(4-8(15)12(16)17)10-9(5-7)18-1-2-19-10/h3,5,8,11H,1-2,4,15H2,(H,16,17). The zero-order valence-electron chi connectivity index (χ0n) is 9.94. The summed E-state index contributed by atoms with van der Waals surface area (Å²) in [5, 5.41) is 8.78. The molecule has 1 aromatic rings. The molecule has 1 aliphatic heterocycles. The maximum absolute atomic E-state index is 12.8. The first-order valence-corrected chi connectivity index (χ1v) is 5.68. The molecular formula is C12H13F2NO4. The second kappa shape index (κ2) is 5.40. The van der Waals surface area contributed by atoms with Crippen LogP contribution in [0.3, 0.4) is 0 Å². The Balaban J connectivity index is 2.39. The van der Waals surface area contributed by atoms with Gasteiger partial charge in [0.15, 0.2) is 11.5 Å². The number of hydrogen-bond acceptors (Lipinski definition) is 4. The van der Waals surface area contributed by atoms with Crippen LogP contribution in [0.1, 0.15) is 17.6 Å². The Kier molecular flexibility index (Phi) is 3.84. The number of ether oxygens (including phenoxy) is 2. The Morgan fingerprint density at radius 3 is 2.68 bits per heavy atom. The highest BCUT2D eigenvalue weighted by Crippen LogP contribution is 2.38. The predicted molar refractivity (Wildman–Crippen MR) is 61.7 cm³/mol. The summed E-state index contributed by atoms with van der Waals surface area (Å²) in [7, 11) is 0. The first-order chi connectivity index (χ1) is 8.99. The molecule has 0 amide bonds. The van der Waals surface area contributed by atoms with E-state index in [-0.39, 0.29) is 30.9 Å². The van der Waals surface area contributed by atoms with Crippen LogP contribution < -0.4 is 15.2 Å². The number of carboxylic acid groups (broad SMARTS) is 1. The van der Waals surface area contributed by atoms with Crippen LogP contribution in [0.25, 0.3) is 0 Å². The van der Waals surface area contributed by atoms with E-state index in [0.717, 1.165) is 0 Å². The molecule has 0 radical (unpaired) electrons.